The van der Waals surface area contributed by atoms with Gasteiger partial charge in [-0.3, -0.25) is 4.31 Å². The molecule has 0 bridgehead atoms. The maximum absolute atomic E-state index is 10.5. The number of nitrogens with zero attached hydrogens (tertiary/aromatic N) is 4. The number of nitrogen functional groups attached to an aromatic ring is 1. The van der Waals surface area contributed by atoms with Gasteiger partial charge >= 0.3 is 21.1 Å². The van der Waals surface area contributed by atoms with Crippen molar-refractivity contribution < 1.29 is 21.1 Å². The second kappa shape index (κ2) is 11.5. The normalized spacial score (nSPS) is 15.2. The van der Waals surface area contributed by atoms with Gasteiger partial charge in [-0.05, 0) is 43.5 Å². The van der Waals surface area contributed by atoms with E-state index in [1.54, 1.807) is 31.1 Å². The third-order valence-corrected chi connectivity index (χ3v) is 5.38. The molecule has 27 heavy (non-hydrogen) atoms. The second-order valence-corrected chi connectivity index (χ2v) is 7.14. The van der Waals surface area contributed by atoms with Crippen molar-refractivity contribution in [3.63, 3.8) is 0 Å². The smallest absolute Gasteiger partial charge is 0.802 e. The van der Waals surface area contributed by atoms with Crippen LogP contribution in [0, 0.1) is 5.41 Å². The van der Waals surface area contributed by atoms with Gasteiger partial charge in [0.25, 0.3) is 0 Å². The molecule has 0 spiro atoms. The minimum absolute atomic E-state index is 0. The van der Waals surface area contributed by atoms with Gasteiger partial charge in [-0.1, -0.05) is 50.3 Å². The van der Waals surface area contributed by atoms with Crippen LogP contribution in [0.4, 0.5) is 5.69 Å². The molecule has 1 aromatic rings. The zero-order chi connectivity index (χ0) is 19.1. The van der Waals surface area contributed by atoms with Crippen LogP contribution in [0.1, 0.15) is 24.5 Å². The van der Waals surface area contributed by atoms with E-state index >= 15 is 0 Å². The largest absolute Gasteiger partial charge is 2.00 e. The number of hydrogen-bond donors (Lipinski definition) is 2. The van der Waals surface area contributed by atoms with E-state index in [4.69, 9.17) is 11.1 Å². The third kappa shape index (κ3) is 6.37. The zero-order valence-corrected chi connectivity index (χ0v) is 20.0. The van der Waals surface area contributed by atoms with E-state index in [-0.39, 0.29) is 32.5 Å². The monoisotopic (exact) mass is 556 g/mol. The molecule has 0 atom stereocenters. The Balaban J connectivity index is 0.00000364. The van der Waals surface area contributed by atoms with E-state index in [0.717, 1.165) is 44.6 Å². The van der Waals surface area contributed by atoms with Crippen LogP contribution in [-0.2, 0) is 27.5 Å². The van der Waals surface area contributed by atoms with Gasteiger partial charge in [0.15, 0.2) is 0 Å². The SMILES string of the molecule is CCCc1ccc(N)c(C(=N)C(=[N-])/C=C(\[N-]C)N2CCN(SC)CC2)c1.[W+2]. The van der Waals surface area contributed by atoms with Gasteiger partial charge in [0, 0.05) is 30.1 Å². The van der Waals surface area contributed by atoms with Gasteiger partial charge in [0.2, 0.25) is 0 Å². The molecular formula is C19H28N6SW. The van der Waals surface area contributed by atoms with Crippen LogP contribution in [0.5, 0.6) is 0 Å². The molecule has 8 heteroatoms. The van der Waals surface area contributed by atoms with Crippen LogP contribution >= 0.6 is 11.9 Å². The van der Waals surface area contributed by atoms with Crippen molar-refractivity contribution in [3.8, 4) is 0 Å². The Morgan fingerprint density at radius 1 is 1.33 bits per heavy atom. The molecule has 1 aliphatic rings. The number of nitrogens with two attached hydrogens (primary N) is 1. The zero-order valence-electron chi connectivity index (χ0n) is 16.2. The summed E-state index contributed by atoms with van der Waals surface area (Å²) in [7, 11) is 1.71. The molecular weight excluding hydrogens is 528 g/mol. The third-order valence-electron chi connectivity index (χ3n) is 4.50. The van der Waals surface area contributed by atoms with Crippen molar-refractivity contribution in [2.45, 2.75) is 19.8 Å². The predicted octanol–water partition coefficient (Wildman–Crippen LogP) is 3.34. The number of aryl methyl sites for hydroxylation is 1. The van der Waals surface area contributed by atoms with Gasteiger partial charge < -0.3 is 26.8 Å². The number of allylic oxidation sites excluding steroid dienone is 1. The van der Waals surface area contributed by atoms with E-state index in [0.29, 0.717) is 17.1 Å². The molecule has 1 saturated heterocycles. The fraction of sp³-hybridized carbons (Fsp3) is 0.474. The van der Waals surface area contributed by atoms with Crippen molar-refractivity contribution in [1.29, 1.82) is 5.41 Å². The van der Waals surface area contributed by atoms with Crippen molar-refractivity contribution >= 4 is 29.1 Å². The minimum atomic E-state index is -0.113. The molecule has 0 aliphatic carbocycles. The molecule has 1 heterocycles. The molecule has 1 aromatic carbocycles. The molecule has 1 fully saturated rings. The van der Waals surface area contributed by atoms with Crippen molar-refractivity contribution in [2.75, 3.05) is 45.2 Å². The van der Waals surface area contributed by atoms with Crippen molar-refractivity contribution in [1.82, 2.24) is 9.21 Å². The minimum Gasteiger partial charge on any atom is -0.802 e. The summed E-state index contributed by atoms with van der Waals surface area (Å²) in [6.45, 7) is 5.69. The van der Waals surface area contributed by atoms with E-state index in [1.807, 2.05) is 12.1 Å². The molecule has 0 unspecified atom stereocenters. The first kappa shape index (κ1) is 23.7. The molecule has 1 aliphatic heterocycles. The summed E-state index contributed by atoms with van der Waals surface area (Å²) in [5.41, 5.74) is 8.13. The molecule has 2 rings (SSSR count). The summed E-state index contributed by atoms with van der Waals surface area (Å²) in [5, 5.41) is 23.2. The first-order chi connectivity index (χ1) is 12.5. The Bertz CT molecular complexity index is 683. The maximum Gasteiger partial charge on any atom is 2.00 e. The molecule has 0 radical (unpaired) electrons. The summed E-state index contributed by atoms with van der Waals surface area (Å²) >= 11 is 1.74. The average molecular weight is 556 g/mol. The van der Waals surface area contributed by atoms with Crippen LogP contribution in [-0.4, -0.2) is 60.1 Å². The summed E-state index contributed by atoms with van der Waals surface area (Å²) in [5.74, 6) is 0.691. The number of nitrogens with one attached hydrogen (secondary N) is 1. The molecule has 0 amide bonds. The number of benzene rings is 1. The molecule has 6 nitrogen and oxygen atoms in total. The van der Waals surface area contributed by atoms with Crippen molar-refractivity contribution in [2.24, 2.45) is 0 Å². The van der Waals surface area contributed by atoms with Crippen LogP contribution in [0.15, 0.2) is 30.1 Å². The Kier molecular flexibility index (Phi) is 10.1. The number of piperazine rings is 1. The van der Waals surface area contributed by atoms with E-state index < -0.39 is 0 Å². The first-order valence-corrected chi connectivity index (χ1v) is 10.1. The predicted molar refractivity (Wildman–Crippen MR) is 114 cm³/mol. The van der Waals surface area contributed by atoms with Gasteiger partial charge in [-0.25, -0.2) is 0 Å². The quantitative estimate of drug-likeness (QED) is 0.292. The van der Waals surface area contributed by atoms with E-state index in [2.05, 4.69) is 27.7 Å². The summed E-state index contributed by atoms with van der Waals surface area (Å²) in [6, 6.07) is 5.67. The summed E-state index contributed by atoms with van der Waals surface area (Å²) < 4.78 is 2.30. The fourth-order valence-electron chi connectivity index (χ4n) is 2.99. The van der Waals surface area contributed by atoms with Crippen LogP contribution in [0.25, 0.3) is 10.7 Å². The molecule has 3 N–H and O–H groups in total. The van der Waals surface area contributed by atoms with Crippen molar-refractivity contribution in [3.05, 3.63) is 51.9 Å². The van der Waals surface area contributed by atoms with Crippen LogP contribution < -0.4 is 5.73 Å². The molecule has 0 saturated carbocycles. The Morgan fingerprint density at radius 2 is 2.00 bits per heavy atom. The van der Waals surface area contributed by atoms with E-state index in [1.165, 1.54) is 0 Å². The number of rotatable bonds is 8. The molecule has 146 valence electrons. The summed E-state index contributed by atoms with van der Waals surface area (Å²) in [4.78, 5) is 2.13. The van der Waals surface area contributed by atoms with Gasteiger partial charge in [0.1, 0.15) is 0 Å². The summed E-state index contributed by atoms with van der Waals surface area (Å²) in [6.07, 6.45) is 5.59. The Morgan fingerprint density at radius 3 is 2.56 bits per heavy atom. The van der Waals surface area contributed by atoms with Gasteiger partial charge in [-0.15, -0.1) is 5.71 Å². The standard InChI is InChI=1S/C19H28N6S.W/c1-4-5-14-6-7-16(20)15(12-14)19(22)17(21)13-18(23-2)24-8-10-25(26-3)11-9-24;/h6-7,12-13,22H,4-5,8-11,20H2,1-3H3;/q-2;+2/b18-13+,22-19?;. The van der Waals surface area contributed by atoms with Crippen LogP contribution in [0.2, 0.25) is 0 Å². The number of anilines is 1. The van der Waals surface area contributed by atoms with Crippen LogP contribution in [0.3, 0.4) is 0 Å². The average Bonchev–Trinajstić information content (AvgIpc) is 2.67. The number of hydrogen-bond acceptors (Lipinski definition) is 5. The fourth-order valence-corrected chi connectivity index (χ4v) is 3.52. The topological polar surface area (TPSA) is 92.8 Å². The van der Waals surface area contributed by atoms with E-state index in [9.17, 15) is 5.41 Å². The van der Waals surface area contributed by atoms with Gasteiger partial charge in [-0.2, -0.15) is 0 Å². The Hall–Kier alpha value is -1.30. The molecule has 0 aromatic heterocycles. The second-order valence-electron chi connectivity index (χ2n) is 6.26. The maximum atomic E-state index is 10.5. The first-order valence-electron chi connectivity index (χ1n) is 8.89. The van der Waals surface area contributed by atoms with Gasteiger partial charge in [0.05, 0.1) is 0 Å². The Labute approximate surface area is 181 Å².